The summed E-state index contributed by atoms with van der Waals surface area (Å²) in [5.41, 5.74) is 1.06. The summed E-state index contributed by atoms with van der Waals surface area (Å²) in [6.07, 6.45) is 0.420. The van der Waals surface area contributed by atoms with E-state index in [-0.39, 0.29) is 19.1 Å². The van der Waals surface area contributed by atoms with Gasteiger partial charge in [-0.2, -0.15) is 0 Å². The first-order chi connectivity index (χ1) is 11.0. The first kappa shape index (κ1) is 15.4. The summed E-state index contributed by atoms with van der Waals surface area (Å²) in [5, 5.41) is 14.0. The Kier molecular flexibility index (Phi) is 3.99. The molecule has 0 radical (unpaired) electrons. The normalized spacial score (nSPS) is 20.5. The van der Waals surface area contributed by atoms with E-state index in [1.165, 1.54) is 11.0 Å². The van der Waals surface area contributed by atoms with Crippen LogP contribution < -0.4 is 10.6 Å². The van der Waals surface area contributed by atoms with Gasteiger partial charge in [0, 0.05) is 13.2 Å². The largest absolute Gasteiger partial charge is 0.396 e. The molecule has 0 unspecified atom stereocenters. The van der Waals surface area contributed by atoms with Crippen LogP contribution >= 0.6 is 0 Å². The number of benzene rings is 1. The van der Waals surface area contributed by atoms with Crippen molar-refractivity contribution in [2.45, 2.75) is 12.5 Å². The van der Waals surface area contributed by atoms with Gasteiger partial charge in [-0.3, -0.25) is 4.79 Å². The van der Waals surface area contributed by atoms with Crippen LogP contribution in [0.1, 0.15) is 18.0 Å². The number of hydrogen-bond donors (Lipinski definition) is 3. The van der Waals surface area contributed by atoms with E-state index in [0.717, 1.165) is 12.1 Å². The second-order valence-electron chi connectivity index (χ2n) is 5.40. The minimum atomic E-state index is -1.04. The van der Waals surface area contributed by atoms with E-state index >= 15 is 0 Å². The third-order valence-corrected chi connectivity index (χ3v) is 3.88. The molecule has 1 aromatic carbocycles. The Labute approximate surface area is 130 Å². The van der Waals surface area contributed by atoms with Crippen molar-refractivity contribution in [3.05, 3.63) is 46.7 Å². The lowest BCUT2D eigenvalue weighted by Crippen LogP contribution is -2.44. The highest BCUT2D eigenvalue weighted by Crippen LogP contribution is 2.32. The number of aliphatic hydroxyl groups excluding tert-OH is 1. The number of nitrogens with zero attached hydrogens (tertiary/aromatic N) is 1. The van der Waals surface area contributed by atoms with E-state index in [2.05, 4.69) is 10.6 Å². The zero-order valence-electron chi connectivity index (χ0n) is 12.1. The molecule has 3 rings (SSSR count). The molecule has 2 heterocycles. The molecule has 1 aromatic rings. The van der Waals surface area contributed by atoms with Crippen molar-refractivity contribution in [3.63, 3.8) is 0 Å². The van der Waals surface area contributed by atoms with Gasteiger partial charge < -0.3 is 20.6 Å². The molecule has 0 spiro atoms. The van der Waals surface area contributed by atoms with Crippen molar-refractivity contribution in [2.24, 2.45) is 0 Å². The molecule has 3 amide bonds. The first-order valence-corrected chi connectivity index (χ1v) is 7.17. The van der Waals surface area contributed by atoms with Gasteiger partial charge in [0.05, 0.1) is 23.9 Å². The van der Waals surface area contributed by atoms with Crippen molar-refractivity contribution in [1.82, 2.24) is 15.5 Å². The third kappa shape index (κ3) is 2.77. The average Bonchev–Trinajstić information content (AvgIpc) is 2.83. The predicted molar refractivity (Wildman–Crippen MR) is 76.1 cm³/mol. The molecule has 2 aliphatic heterocycles. The maximum atomic E-state index is 13.5. The minimum absolute atomic E-state index is 0.0499. The average molecular weight is 323 g/mol. The van der Waals surface area contributed by atoms with E-state index in [1.54, 1.807) is 0 Å². The smallest absolute Gasteiger partial charge is 0.319 e. The fourth-order valence-electron chi connectivity index (χ4n) is 2.81. The summed E-state index contributed by atoms with van der Waals surface area (Å²) in [7, 11) is 0. The molecule has 0 aliphatic carbocycles. The maximum Gasteiger partial charge on any atom is 0.319 e. The Bertz CT molecular complexity index is 705. The maximum absolute atomic E-state index is 13.5. The Morgan fingerprint density at radius 2 is 2.04 bits per heavy atom. The zero-order valence-corrected chi connectivity index (χ0v) is 12.1. The summed E-state index contributed by atoms with van der Waals surface area (Å²) in [6, 6.07) is 1.93. The second-order valence-corrected chi connectivity index (χ2v) is 5.40. The van der Waals surface area contributed by atoms with Crippen LogP contribution in [0.4, 0.5) is 13.6 Å². The number of rotatable bonds is 4. The fraction of sp³-hybridized carbons (Fsp3) is 0.333. The molecule has 0 fully saturated rings. The van der Waals surface area contributed by atoms with Gasteiger partial charge in [-0.15, -0.1) is 0 Å². The number of carbonyl (C=O) groups excluding carboxylic acids is 2. The van der Waals surface area contributed by atoms with Gasteiger partial charge in [0.15, 0.2) is 11.6 Å². The molecular formula is C15H15F2N3O3. The number of halogens is 2. The van der Waals surface area contributed by atoms with E-state index in [9.17, 15) is 18.4 Å². The van der Waals surface area contributed by atoms with Crippen molar-refractivity contribution in [1.29, 1.82) is 0 Å². The fourth-order valence-corrected chi connectivity index (χ4v) is 2.81. The van der Waals surface area contributed by atoms with Gasteiger partial charge in [-0.05, 0) is 24.1 Å². The Morgan fingerprint density at radius 1 is 1.26 bits per heavy atom. The summed E-state index contributed by atoms with van der Waals surface area (Å²) in [4.78, 5) is 25.8. The van der Waals surface area contributed by atoms with Gasteiger partial charge >= 0.3 is 6.03 Å². The number of nitrogens with one attached hydrogen (secondary N) is 2. The number of carbonyl (C=O) groups is 2. The highest BCUT2D eigenvalue weighted by molar-refractivity contribution is 6.01. The third-order valence-electron chi connectivity index (χ3n) is 3.88. The van der Waals surface area contributed by atoms with Gasteiger partial charge in [0.1, 0.15) is 0 Å². The van der Waals surface area contributed by atoms with Gasteiger partial charge in [-0.1, -0.05) is 6.07 Å². The molecule has 23 heavy (non-hydrogen) atoms. The quantitative estimate of drug-likeness (QED) is 0.766. The monoisotopic (exact) mass is 323 g/mol. The molecule has 0 bridgehead atoms. The van der Waals surface area contributed by atoms with E-state index in [1.807, 2.05) is 0 Å². The summed E-state index contributed by atoms with van der Waals surface area (Å²) >= 11 is 0. The molecule has 122 valence electrons. The SMILES string of the molecule is O=C1NC2=C(C(=O)N(CCCO)C2)[C@H](c2ccc(F)c(F)c2)N1. The lowest BCUT2D eigenvalue weighted by molar-refractivity contribution is -0.125. The molecular weight excluding hydrogens is 308 g/mol. The topological polar surface area (TPSA) is 81.7 Å². The van der Waals surface area contributed by atoms with Crippen molar-refractivity contribution < 1.29 is 23.5 Å². The van der Waals surface area contributed by atoms with Gasteiger partial charge in [-0.25, -0.2) is 13.6 Å². The predicted octanol–water partition coefficient (Wildman–Crippen LogP) is 0.797. The van der Waals surface area contributed by atoms with Gasteiger partial charge in [0.25, 0.3) is 5.91 Å². The van der Waals surface area contributed by atoms with E-state index in [0.29, 0.717) is 29.8 Å². The van der Waals surface area contributed by atoms with Crippen LogP contribution in [0.3, 0.4) is 0 Å². The van der Waals surface area contributed by atoms with Crippen LogP contribution in [0, 0.1) is 11.6 Å². The molecule has 3 N–H and O–H groups in total. The van der Waals surface area contributed by atoms with Crippen LogP contribution in [0.5, 0.6) is 0 Å². The Hall–Kier alpha value is -2.48. The number of urea groups is 1. The highest BCUT2D eigenvalue weighted by atomic mass is 19.2. The van der Waals surface area contributed by atoms with Crippen molar-refractivity contribution in [2.75, 3.05) is 19.7 Å². The Morgan fingerprint density at radius 3 is 2.74 bits per heavy atom. The minimum Gasteiger partial charge on any atom is -0.396 e. The molecule has 2 aliphatic rings. The lowest BCUT2D eigenvalue weighted by Gasteiger charge is -2.25. The molecule has 0 aromatic heterocycles. The number of aliphatic hydroxyl groups is 1. The van der Waals surface area contributed by atoms with E-state index in [4.69, 9.17) is 5.11 Å². The lowest BCUT2D eigenvalue weighted by atomic mass is 9.96. The number of amides is 3. The molecule has 0 saturated carbocycles. The summed E-state index contributed by atoms with van der Waals surface area (Å²) in [6.45, 7) is 0.524. The van der Waals surface area contributed by atoms with Crippen LogP contribution in [-0.4, -0.2) is 41.6 Å². The molecule has 8 heteroatoms. The van der Waals surface area contributed by atoms with Crippen molar-refractivity contribution in [3.8, 4) is 0 Å². The van der Waals surface area contributed by atoms with Crippen LogP contribution in [-0.2, 0) is 4.79 Å². The summed E-state index contributed by atoms with van der Waals surface area (Å²) < 4.78 is 26.6. The molecule has 6 nitrogen and oxygen atoms in total. The molecule has 0 saturated heterocycles. The zero-order chi connectivity index (χ0) is 16.6. The van der Waals surface area contributed by atoms with Gasteiger partial charge in [0.2, 0.25) is 0 Å². The first-order valence-electron chi connectivity index (χ1n) is 7.17. The standard InChI is InChI=1S/C15H15F2N3O3/c16-9-3-2-8(6-10(9)17)13-12-11(18-15(23)19-13)7-20(14(12)22)4-1-5-21/h2-3,6,13,21H,1,4-5,7H2,(H2,18,19,23)/t13-/m0/s1. The second kappa shape index (κ2) is 5.96. The van der Waals surface area contributed by atoms with Crippen LogP contribution in [0.15, 0.2) is 29.5 Å². The van der Waals surface area contributed by atoms with E-state index < -0.39 is 23.7 Å². The van der Waals surface area contributed by atoms with Crippen LogP contribution in [0.2, 0.25) is 0 Å². The molecule has 1 atom stereocenters. The number of hydrogen-bond acceptors (Lipinski definition) is 3. The summed E-state index contributed by atoms with van der Waals surface area (Å²) in [5.74, 6) is -2.33. The van der Waals surface area contributed by atoms with Crippen LogP contribution in [0.25, 0.3) is 0 Å². The Balaban J connectivity index is 1.94. The van der Waals surface area contributed by atoms with Crippen molar-refractivity contribution >= 4 is 11.9 Å². The highest BCUT2D eigenvalue weighted by Gasteiger charge is 2.40.